The molecule has 2 rings (SSSR count). The van der Waals surface area contributed by atoms with Crippen LogP contribution in [0.3, 0.4) is 0 Å². The standard InChI is InChI=1S/C16H14OS2/c1-2-16(17)19-18-12-13-8-10-15(11-9-13)14-6-4-3-5-7-14/h2-11H,1,12H2. The molecule has 3 heteroatoms. The number of hydrogen-bond donors (Lipinski definition) is 0. The molecule has 0 spiro atoms. The molecule has 19 heavy (non-hydrogen) atoms. The van der Waals surface area contributed by atoms with Gasteiger partial charge in [0.15, 0.2) is 0 Å². The van der Waals surface area contributed by atoms with Gasteiger partial charge in [-0.3, -0.25) is 4.79 Å². The second kappa shape index (κ2) is 7.22. The first-order valence-corrected chi connectivity index (χ1v) is 8.22. The topological polar surface area (TPSA) is 17.1 Å². The van der Waals surface area contributed by atoms with Gasteiger partial charge in [-0.2, -0.15) is 0 Å². The first-order chi connectivity index (χ1) is 9.29. The van der Waals surface area contributed by atoms with E-state index in [1.54, 1.807) is 0 Å². The highest BCUT2D eigenvalue weighted by Crippen LogP contribution is 2.28. The number of carbonyl (C=O) groups excluding carboxylic acids is 1. The Morgan fingerprint density at radius 1 is 1.00 bits per heavy atom. The molecular formula is C16H14OS2. The number of rotatable bonds is 5. The van der Waals surface area contributed by atoms with Gasteiger partial charge in [0.1, 0.15) is 0 Å². The Bertz CT molecular complexity index is 547. The van der Waals surface area contributed by atoms with Crippen LogP contribution in [0.2, 0.25) is 0 Å². The fourth-order valence-corrected chi connectivity index (χ4v) is 3.32. The predicted molar refractivity (Wildman–Crippen MR) is 86.0 cm³/mol. The Labute approximate surface area is 121 Å². The van der Waals surface area contributed by atoms with E-state index in [9.17, 15) is 4.79 Å². The average Bonchev–Trinajstić information content (AvgIpc) is 2.48. The molecule has 0 radical (unpaired) electrons. The summed E-state index contributed by atoms with van der Waals surface area (Å²) in [6, 6.07) is 18.7. The first kappa shape index (κ1) is 14.0. The molecule has 1 nitrogen and oxygen atoms in total. The van der Waals surface area contributed by atoms with Gasteiger partial charge < -0.3 is 0 Å². The van der Waals surface area contributed by atoms with E-state index < -0.39 is 0 Å². The van der Waals surface area contributed by atoms with E-state index in [4.69, 9.17) is 0 Å². The fraction of sp³-hybridized carbons (Fsp3) is 0.0625. The van der Waals surface area contributed by atoms with Crippen molar-refractivity contribution in [1.82, 2.24) is 0 Å². The highest BCUT2D eigenvalue weighted by Gasteiger charge is 2.00. The Morgan fingerprint density at radius 3 is 2.26 bits per heavy atom. The summed E-state index contributed by atoms with van der Waals surface area (Å²) in [7, 11) is 2.77. The Kier molecular flexibility index (Phi) is 5.31. The van der Waals surface area contributed by atoms with Crippen LogP contribution in [-0.4, -0.2) is 5.12 Å². The smallest absolute Gasteiger partial charge is 0.222 e. The molecule has 96 valence electrons. The van der Waals surface area contributed by atoms with Crippen molar-refractivity contribution in [2.45, 2.75) is 5.75 Å². The summed E-state index contributed by atoms with van der Waals surface area (Å²) in [5.74, 6) is 0.819. The highest BCUT2D eigenvalue weighted by atomic mass is 33.1. The minimum atomic E-state index is 0.00547. The summed E-state index contributed by atoms with van der Waals surface area (Å²) < 4.78 is 0. The lowest BCUT2D eigenvalue weighted by molar-refractivity contribution is -0.106. The fourth-order valence-electron chi connectivity index (χ4n) is 1.61. The van der Waals surface area contributed by atoms with Gasteiger partial charge >= 0.3 is 0 Å². The second-order valence-corrected chi connectivity index (χ2v) is 6.23. The summed E-state index contributed by atoms with van der Waals surface area (Å²) >= 11 is 0. The molecule has 0 aromatic heterocycles. The molecule has 0 saturated heterocycles. The van der Waals surface area contributed by atoms with Crippen LogP contribution in [0.25, 0.3) is 11.1 Å². The van der Waals surface area contributed by atoms with Gasteiger partial charge in [-0.1, -0.05) is 72.0 Å². The maximum atomic E-state index is 11.1. The molecule has 0 aliphatic heterocycles. The zero-order chi connectivity index (χ0) is 13.5. The molecule has 0 atom stereocenters. The summed E-state index contributed by atoms with van der Waals surface area (Å²) in [6.45, 7) is 3.45. The van der Waals surface area contributed by atoms with E-state index in [1.165, 1.54) is 44.4 Å². The molecule has 0 saturated carbocycles. The van der Waals surface area contributed by atoms with Crippen molar-refractivity contribution >= 4 is 26.7 Å². The van der Waals surface area contributed by atoms with E-state index in [0.29, 0.717) is 0 Å². The van der Waals surface area contributed by atoms with Crippen LogP contribution in [0.4, 0.5) is 0 Å². The van der Waals surface area contributed by atoms with E-state index in [2.05, 4.69) is 43.0 Å². The minimum Gasteiger partial charge on any atom is -0.281 e. The molecule has 0 aliphatic carbocycles. The molecular weight excluding hydrogens is 272 g/mol. The molecule has 0 fully saturated rings. The number of carbonyl (C=O) groups is 1. The molecule has 0 amide bonds. The zero-order valence-corrected chi connectivity index (χ0v) is 12.0. The SMILES string of the molecule is C=CC(=O)SSCc1ccc(-c2ccccc2)cc1. The first-order valence-electron chi connectivity index (χ1n) is 5.90. The third-order valence-electron chi connectivity index (χ3n) is 2.59. The third-order valence-corrected chi connectivity index (χ3v) is 4.69. The molecule has 0 bridgehead atoms. The second-order valence-electron chi connectivity index (χ2n) is 3.93. The Balaban J connectivity index is 1.95. The van der Waals surface area contributed by atoms with Crippen LogP contribution in [0.5, 0.6) is 0 Å². The normalized spacial score (nSPS) is 10.1. The van der Waals surface area contributed by atoms with Gasteiger partial charge in [0.2, 0.25) is 5.12 Å². The van der Waals surface area contributed by atoms with Crippen molar-refractivity contribution in [1.29, 1.82) is 0 Å². The number of hydrogen-bond acceptors (Lipinski definition) is 3. The van der Waals surface area contributed by atoms with E-state index in [1.807, 2.05) is 18.2 Å². The lowest BCUT2D eigenvalue weighted by atomic mass is 10.0. The van der Waals surface area contributed by atoms with Crippen LogP contribution in [0, 0.1) is 0 Å². The lowest BCUT2D eigenvalue weighted by Crippen LogP contribution is -1.83. The Morgan fingerprint density at radius 2 is 1.63 bits per heavy atom. The monoisotopic (exact) mass is 286 g/mol. The molecule has 0 N–H and O–H groups in total. The van der Waals surface area contributed by atoms with E-state index in [-0.39, 0.29) is 5.12 Å². The van der Waals surface area contributed by atoms with Crippen molar-refractivity contribution in [3.63, 3.8) is 0 Å². The summed E-state index contributed by atoms with van der Waals surface area (Å²) in [6.07, 6.45) is 1.34. The van der Waals surface area contributed by atoms with Crippen LogP contribution in [0.15, 0.2) is 67.3 Å². The highest BCUT2D eigenvalue weighted by molar-refractivity contribution is 8.82. The van der Waals surface area contributed by atoms with Gasteiger partial charge in [0.25, 0.3) is 0 Å². The Hall–Kier alpha value is -1.45. The lowest BCUT2D eigenvalue weighted by Gasteiger charge is -2.03. The average molecular weight is 286 g/mol. The minimum absolute atomic E-state index is 0.00547. The largest absolute Gasteiger partial charge is 0.281 e. The van der Waals surface area contributed by atoms with Gasteiger partial charge in [-0.15, -0.1) is 0 Å². The van der Waals surface area contributed by atoms with Crippen molar-refractivity contribution in [2.24, 2.45) is 0 Å². The maximum absolute atomic E-state index is 11.1. The maximum Gasteiger partial charge on any atom is 0.222 e. The third kappa shape index (κ3) is 4.30. The molecule has 0 unspecified atom stereocenters. The van der Waals surface area contributed by atoms with Crippen LogP contribution in [0.1, 0.15) is 5.56 Å². The van der Waals surface area contributed by atoms with Crippen molar-refractivity contribution in [3.05, 3.63) is 72.8 Å². The summed E-state index contributed by atoms with van der Waals surface area (Å²) in [4.78, 5) is 11.1. The van der Waals surface area contributed by atoms with Crippen molar-refractivity contribution in [3.8, 4) is 11.1 Å². The summed E-state index contributed by atoms with van der Waals surface area (Å²) in [5.41, 5.74) is 3.65. The molecule has 0 heterocycles. The van der Waals surface area contributed by atoms with Gasteiger partial charge in [-0.25, -0.2) is 0 Å². The van der Waals surface area contributed by atoms with Crippen LogP contribution < -0.4 is 0 Å². The van der Waals surface area contributed by atoms with Crippen molar-refractivity contribution in [2.75, 3.05) is 0 Å². The predicted octanol–water partition coefficient (Wildman–Crippen LogP) is 4.95. The molecule has 2 aromatic rings. The quantitative estimate of drug-likeness (QED) is 0.572. The van der Waals surface area contributed by atoms with E-state index in [0.717, 1.165) is 5.75 Å². The van der Waals surface area contributed by atoms with Crippen molar-refractivity contribution < 1.29 is 4.79 Å². The van der Waals surface area contributed by atoms with Gasteiger partial charge in [-0.05, 0) is 33.6 Å². The molecule has 2 aromatic carbocycles. The zero-order valence-electron chi connectivity index (χ0n) is 10.4. The number of benzene rings is 2. The molecule has 0 aliphatic rings. The van der Waals surface area contributed by atoms with E-state index >= 15 is 0 Å². The summed E-state index contributed by atoms with van der Waals surface area (Å²) in [5, 5.41) is 0.00547. The van der Waals surface area contributed by atoms with Crippen LogP contribution >= 0.6 is 21.6 Å². The van der Waals surface area contributed by atoms with Crippen LogP contribution in [-0.2, 0) is 10.5 Å². The van der Waals surface area contributed by atoms with Gasteiger partial charge in [0.05, 0.1) is 0 Å². The van der Waals surface area contributed by atoms with Gasteiger partial charge in [0, 0.05) is 5.75 Å².